The molecule has 1 aromatic carbocycles. The van der Waals surface area contributed by atoms with Gasteiger partial charge in [-0.2, -0.15) is 13.2 Å². The van der Waals surface area contributed by atoms with Gasteiger partial charge in [0.1, 0.15) is 5.75 Å². The molecule has 0 aromatic heterocycles. The third kappa shape index (κ3) is 3.49. The molecule has 0 aliphatic heterocycles. The smallest absolute Gasteiger partial charge is 0.416 e. The number of aliphatic carboxylic acids is 1. The number of hydrogen-bond donors (Lipinski definition) is 2. The van der Waals surface area contributed by atoms with Crippen molar-refractivity contribution in [1.29, 1.82) is 0 Å². The molecule has 2 rings (SSSR count). The van der Waals surface area contributed by atoms with E-state index in [0.717, 1.165) is 6.07 Å². The molecule has 120 valence electrons. The van der Waals surface area contributed by atoms with Crippen LogP contribution in [0.3, 0.4) is 0 Å². The van der Waals surface area contributed by atoms with Crippen LogP contribution in [-0.4, -0.2) is 24.1 Å². The fourth-order valence-electron chi connectivity index (χ4n) is 2.17. The zero-order valence-electron chi connectivity index (χ0n) is 11.6. The van der Waals surface area contributed by atoms with Gasteiger partial charge in [0, 0.05) is 6.54 Å². The van der Waals surface area contributed by atoms with Gasteiger partial charge in [-0.05, 0) is 24.1 Å². The second-order valence-electron chi connectivity index (χ2n) is 5.03. The first-order chi connectivity index (χ1) is 10.2. The van der Waals surface area contributed by atoms with Crippen LogP contribution >= 0.6 is 0 Å². The Morgan fingerprint density at radius 2 is 2.05 bits per heavy atom. The Labute approximate surface area is 124 Å². The quantitative estimate of drug-likeness (QED) is 0.871. The van der Waals surface area contributed by atoms with E-state index in [1.165, 1.54) is 19.2 Å². The highest BCUT2D eigenvalue weighted by atomic mass is 19.4. The maximum absolute atomic E-state index is 13.0. The van der Waals surface area contributed by atoms with Gasteiger partial charge in [-0.15, -0.1) is 0 Å². The van der Waals surface area contributed by atoms with E-state index < -0.39 is 35.5 Å². The van der Waals surface area contributed by atoms with Crippen LogP contribution in [0.4, 0.5) is 13.2 Å². The third-order valence-corrected chi connectivity index (χ3v) is 3.52. The maximum Gasteiger partial charge on any atom is 0.416 e. The first kappa shape index (κ1) is 16.1. The molecule has 0 unspecified atom stereocenters. The number of ether oxygens (including phenoxy) is 1. The topological polar surface area (TPSA) is 75.6 Å². The van der Waals surface area contributed by atoms with Crippen molar-refractivity contribution in [2.24, 2.45) is 11.8 Å². The fraction of sp³-hybridized carbons (Fsp3) is 0.429. The highest BCUT2D eigenvalue weighted by Gasteiger charge is 2.48. The predicted molar refractivity (Wildman–Crippen MR) is 69.1 cm³/mol. The van der Waals surface area contributed by atoms with E-state index in [-0.39, 0.29) is 24.3 Å². The summed E-state index contributed by atoms with van der Waals surface area (Å²) in [5.41, 5.74) is -0.994. The van der Waals surface area contributed by atoms with Gasteiger partial charge in [0.25, 0.3) is 0 Å². The Balaban J connectivity index is 2.07. The average molecular weight is 317 g/mol. The summed E-state index contributed by atoms with van der Waals surface area (Å²) < 4.78 is 43.7. The molecule has 8 heteroatoms. The molecular weight excluding hydrogens is 303 g/mol. The van der Waals surface area contributed by atoms with Crippen LogP contribution in [0.1, 0.15) is 17.5 Å². The Morgan fingerprint density at radius 1 is 1.36 bits per heavy atom. The van der Waals surface area contributed by atoms with Crippen LogP contribution in [0.2, 0.25) is 0 Å². The molecule has 1 aliphatic rings. The van der Waals surface area contributed by atoms with Crippen molar-refractivity contribution in [3.05, 3.63) is 29.3 Å². The van der Waals surface area contributed by atoms with Gasteiger partial charge in [-0.3, -0.25) is 9.59 Å². The van der Waals surface area contributed by atoms with Crippen molar-refractivity contribution in [1.82, 2.24) is 5.32 Å². The van der Waals surface area contributed by atoms with Crippen LogP contribution in [0.5, 0.6) is 5.75 Å². The molecular formula is C14H14F3NO4. The molecule has 1 aromatic rings. The molecule has 22 heavy (non-hydrogen) atoms. The fourth-order valence-corrected chi connectivity index (χ4v) is 2.17. The number of alkyl halides is 3. The van der Waals surface area contributed by atoms with E-state index in [4.69, 9.17) is 9.84 Å². The highest BCUT2D eigenvalue weighted by Crippen LogP contribution is 2.39. The number of carboxylic acid groups (broad SMARTS) is 1. The molecule has 0 bridgehead atoms. The Morgan fingerprint density at radius 3 is 2.55 bits per heavy atom. The lowest BCUT2D eigenvalue weighted by Crippen LogP contribution is -2.27. The summed E-state index contributed by atoms with van der Waals surface area (Å²) in [6.45, 7) is -0.319. The van der Waals surface area contributed by atoms with Gasteiger partial charge in [-0.1, -0.05) is 6.07 Å². The molecule has 0 saturated heterocycles. The lowest BCUT2D eigenvalue weighted by Gasteiger charge is -2.14. The van der Waals surface area contributed by atoms with Crippen molar-refractivity contribution in [3.8, 4) is 5.75 Å². The molecule has 1 aliphatic carbocycles. The van der Waals surface area contributed by atoms with Gasteiger partial charge < -0.3 is 15.2 Å². The number of methoxy groups -OCH3 is 1. The van der Waals surface area contributed by atoms with Gasteiger partial charge in [0.05, 0.1) is 24.5 Å². The van der Waals surface area contributed by atoms with Crippen molar-refractivity contribution >= 4 is 11.9 Å². The van der Waals surface area contributed by atoms with Gasteiger partial charge >= 0.3 is 12.1 Å². The summed E-state index contributed by atoms with van der Waals surface area (Å²) in [5.74, 6) is -2.95. The van der Waals surface area contributed by atoms with Crippen LogP contribution in [0.15, 0.2) is 18.2 Å². The lowest BCUT2D eigenvalue weighted by atomic mass is 10.1. The first-order valence-electron chi connectivity index (χ1n) is 6.48. The SMILES string of the molecule is COc1ccc(CNC(=O)[C@@H]2C[C@@H]2C(=O)O)c(C(F)(F)F)c1. The zero-order valence-corrected chi connectivity index (χ0v) is 11.6. The van der Waals surface area contributed by atoms with Gasteiger partial charge in [0.15, 0.2) is 0 Å². The number of carbonyl (C=O) groups excluding carboxylic acids is 1. The van der Waals surface area contributed by atoms with Gasteiger partial charge in [0.2, 0.25) is 5.91 Å². The van der Waals surface area contributed by atoms with Crippen molar-refractivity contribution in [2.75, 3.05) is 7.11 Å². The van der Waals surface area contributed by atoms with E-state index in [0.29, 0.717) is 0 Å². The number of amides is 1. The molecule has 2 atom stereocenters. The predicted octanol–water partition coefficient (Wildman–Crippen LogP) is 2.05. The Kier molecular flexibility index (Phi) is 4.30. The molecule has 0 spiro atoms. The first-order valence-corrected chi connectivity index (χ1v) is 6.48. The van der Waals surface area contributed by atoms with Crippen molar-refractivity contribution < 1.29 is 32.6 Å². The molecule has 5 nitrogen and oxygen atoms in total. The zero-order chi connectivity index (χ0) is 16.5. The molecule has 2 N–H and O–H groups in total. The summed E-state index contributed by atoms with van der Waals surface area (Å²) in [5, 5.41) is 11.1. The van der Waals surface area contributed by atoms with E-state index in [9.17, 15) is 22.8 Å². The largest absolute Gasteiger partial charge is 0.497 e. The summed E-state index contributed by atoms with van der Waals surface area (Å²) in [6.07, 6.45) is -4.35. The van der Waals surface area contributed by atoms with Crippen molar-refractivity contribution in [2.45, 2.75) is 19.1 Å². The second kappa shape index (κ2) is 5.86. The molecule has 0 heterocycles. The van der Waals surface area contributed by atoms with E-state index in [2.05, 4.69) is 5.32 Å². The minimum Gasteiger partial charge on any atom is -0.497 e. The summed E-state index contributed by atoms with van der Waals surface area (Å²) in [4.78, 5) is 22.4. The minimum atomic E-state index is -4.57. The number of benzene rings is 1. The van der Waals surface area contributed by atoms with Crippen LogP contribution in [0, 0.1) is 11.8 Å². The van der Waals surface area contributed by atoms with E-state index in [1.54, 1.807) is 0 Å². The average Bonchev–Trinajstić information content (AvgIpc) is 3.24. The number of carboxylic acids is 1. The van der Waals surface area contributed by atoms with E-state index >= 15 is 0 Å². The molecule has 1 amide bonds. The van der Waals surface area contributed by atoms with Crippen LogP contribution < -0.4 is 10.1 Å². The summed E-state index contributed by atoms with van der Waals surface area (Å²) in [6, 6.07) is 3.45. The highest BCUT2D eigenvalue weighted by molar-refractivity contribution is 5.89. The number of nitrogens with one attached hydrogen (secondary N) is 1. The Bertz CT molecular complexity index is 600. The number of hydrogen-bond acceptors (Lipinski definition) is 3. The second-order valence-corrected chi connectivity index (χ2v) is 5.03. The lowest BCUT2D eigenvalue weighted by molar-refractivity contribution is -0.140. The number of rotatable bonds is 5. The van der Waals surface area contributed by atoms with Crippen LogP contribution in [-0.2, 0) is 22.3 Å². The van der Waals surface area contributed by atoms with Gasteiger partial charge in [-0.25, -0.2) is 0 Å². The van der Waals surface area contributed by atoms with E-state index in [1.807, 2.05) is 0 Å². The minimum absolute atomic E-state index is 0.0653. The maximum atomic E-state index is 13.0. The Hall–Kier alpha value is -2.25. The van der Waals surface area contributed by atoms with Crippen molar-refractivity contribution in [3.63, 3.8) is 0 Å². The third-order valence-electron chi connectivity index (χ3n) is 3.52. The number of carbonyl (C=O) groups is 2. The number of halogens is 3. The standard InChI is InChI=1S/C14H14F3NO4/c1-22-8-3-2-7(11(4-8)14(15,16)17)6-18-12(19)9-5-10(9)13(20)21/h2-4,9-10H,5-6H2,1H3,(H,18,19)(H,20,21)/t9-,10+/m1/s1. The summed E-state index contributed by atoms with van der Waals surface area (Å²) >= 11 is 0. The summed E-state index contributed by atoms with van der Waals surface area (Å²) in [7, 11) is 1.26. The molecule has 1 fully saturated rings. The molecule has 1 saturated carbocycles. The monoisotopic (exact) mass is 317 g/mol. The van der Waals surface area contributed by atoms with Crippen LogP contribution in [0.25, 0.3) is 0 Å². The molecule has 0 radical (unpaired) electrons. The normalized spacial score (nSPS) is 20.4.